The standard InChI is InChI=1S/C21H23ClFN5O2/c22-16-10-14(2-3-17(16)23)27-21-15-11-20(18(24)12-19(15)25-13-26-21)30-7-1-4-28-5-8-29-9-6-28/h2-3,10-13H,1,4-9,24H2,(H,25,26,27). The van der Waals surface area contributed by atoms with Gasteiger partial charge in [-0.2, -0.15) is 0 Å². The average molecular weight is 432 g/mol. The SMILES string of the molecule is Nc1cc2ncnc(Nc3ccc(F)c(Cl)c3)c2cc1OCCCN1CCOCC1. The maximum absolute atomic E-state index is 13.4. The van der Waals surface area contributed by atoms with Crippen LogP contribution in [0.3, 0.4) is 0 Å². The van der Waals surface area contributed by atoms with Crippen molar-refractivity contribution >= 4 is 39.7 Å². The maximum Gasteiger partial charge on any atom is 0.143 e. The van der Waals surface area contributed by atoms with Gasteiger partial charge in [0.1, 0.15) is 23.7 Å². The van der Waals surface area contributed by atoms with Crippen LogP contribution in [0.1, 0.15) is 6.42 Å². The molecule has 0 unspecified atom stereocenters. The summed E-state index contributed by atoms with van der Waals surface area (Å²) in [4.78, 5) is 11.0. The molecular formula is C21H23ClFN5O2. The highest BCUT2D eigenvalue weighted by atomic mass is 35.5. The summed E-state index contributed by atoms with van der Waals surface area (Å²) < 4.78 is 24.7. The Bertz CT molecular complexity index is 1030. The summed E-state index contributed by atoms with van der Waals surface area (Å²) in [5.41, 5.74) is 7.97. The van der Waals surface area contributed by atoms with Crippen molar-refractivity contribution in [1.29, 1.82) is 0 Å². The highest BCUT2D eigenvalue weighted by molar-refractivity contribution is 6.31. The summed E-state index contributed by atoms with van der Waals surface area (Å²) >= 11 is 5.88. The Morgan fingerprint density at radius 2 is 2.03 bits per heavy atom. The quantitative estimate of drug-likeness (QED) is 0.434. The molecule has 0 amide bonds. The third-order valence-electron chi connectivity index (χ3n) is 4.93. The second-order valence-electron chi connectivity index (χ2n) is 7.04. The number of rotatable bonds is 7. The minimum atomic E-state index is -0.477. The van der Waals surface area contributed by atoms with E-state index < -0.39 is 5.82 Å². The van der Waals surface area contributed by atoms with E-state index in [4.69, 9.17) is 26.8 Å². The third-order valence-corrected chi connectivity index (χ3v) is 5.22. The molecule has 1 aliphatic rings. The summed E-state index contributed by atoms with van der Waals surface area (Å²) in [5.74, 6) is 0.663. The number of morpholine rings is 1. The van der Waals surface area contributed by atoms with Gasteiger partial charge < -0.3 is 20.5 Å². The van der Waals surface area contributed by atoms with Crippen molar-refractivity contribution in [3.8, 4) is 5.75 Å². The highest BCUT2D eigenvalue weighted by Crippen LogP contribution is 2.32. The van der Waals surface area contributed by atoms with Gasteiger partial charge in [0.2, 0.25) is 0 Å². The molecule has 0 atom stereocenters. The lowest BCUT2D eigenvalue weighted by Gasteiger charge is -2.26. The van der Waals surface area contributed by atoms with Gasteiger partial charge in [0.25, 0.3) is 0 Å². The number of benzene rings is 2. The molecule has 0 spiro atoms. The number of ether oxygens (including phenoxy) is 2. The van der Waals surface area contributed by atoms with Crippen LogP contribution in [0, 0.1) is 5.82 Å². The molecule has 30 heavy (non-hydrogen) atoms. The van der Waals surface area contributed by atoms with E-state index in [1.165, 1.54) is 18.5 Å². The zero-order chi connectivity index (χ0) is 20.9. The van der Waals surface area contributed by atoms with E-state index in [1.54, 1.807) is 12.1 Å². The normalized spacial score (nSPS) is 14.7. The minimum absolute atomic E-state index is 0.0342. The first kappa shape index (κ1) is 20.6. The van der Waals surface area contributed by atoms with Crippen LogP contribution in [0.4, 0.5) is 21.6 Å². The molecule has 0 saturated carbocycles. The molecule has 1 aliphatic heterocycles. The Morgan fingerprint density at radius 3 is 2.83 bits per heavy atom. The maximum atomic E-state index is 13.4. The van der Waals surface area contributed by atoms with E-state index in [-0.39, 0.29) is 5.02 Å². The molecule has 1 fully saturated rings. The first-order valence-electron chi connectivity index (χ1n) is 9.79. The molecule has 3 N–H and O–H groups in total. The van der Waals surface area contributed by atoms with Crippen molar-refractivity contribution in [3.05, 3.63) is 47.5 Å². The lowest BCUT2D eigenvalue weighted by atomic mass is 10.2. The van der Waals surface area contributed by atoms with Gasteiger partial charge in [-0.3, -0.25) is 4.90 Å². The van der Waals surface area contributed by atoms with Crippen LogP contribution < -0.4 is 15.8 Å². The van der Waals surface area contributed by atoms with Crippen LogP contribution in [0.5, 0.6) is 5.75 Å². The molecule has 4 rings (SSSR count). The van der Waals surface area contributed by atoms with Crippen LogP contribution in [-0.2, 0) is 4.74 Å². The van der Waals surface area contributed by atoms with E-state index in [9.17, 15) is 4.39 Å². The molecule has 2 aromatic carbocycles. The van der Waals surface area contributed by atoms with Gasteiger partial charge in [-0.1, -0.05) is 11.6 Å². The van der Waals surface area contributed by atoms with Crippen LogP contribution in [-0.4, -0.2) is 54.3 Å². The number of halogens is 2. The van der Waals surface area contributed by atoms with E-state index >= 15 is 0 Å². The number of anilines is 3. The smallest absolute Gasteiger partial charge is 0.143 e. The number of nitrogens with zero attached hydrogens (tertiary/aromatic N) is 3. The van der Waals surface area contributed by atoms with Gasteiger partial charge in [-0.15, -0.1) is 0 Å². The first-order chi connectivity index (χ1) is 14.6. The highest BCUT2D eigenvalue weighted by Gasteiger charge is 2.12. The summed E-state index contributed by atoms with van der Waals surface area (Å²) in [5, 5.41) is 3.93. The van der Waals surface area contributed by atoms with E-state index in [0.29, 0.717) is 35.1 Å². The molecule has 0 radical (unpaired) electrons. The molecule has 0 bridgehead atoms. The first-order valence-corrected chi connectivity index (χ1v) is 10.2. The van der Waals surface area contributed by atoms with Gasteiger partial charge in [0, 0.05) is 30.7 Å². The topological polar surface area (TPSA) is 85.5 Å². The van der Waals surface area contributed by atoms with E-state index in [1.807, 2.05) is 6.07 Å². The Hall–Kier alpha value is -2.68. The number of nitrogens with two attached hydrogens (primary N) is 1. The van der Waals surface area contributed by atoms with Gasteiger partial charge >= 0.3 is 0 Å². The Labute approximate surface area is 179 Å². The number of nitrogens with one attached hydrogen (secondary N) is 1. The molecule has 158 valence electrons. The molecule has 1 saturated heterocycles. The number of hydrogen-bond acceptors (Lipinski definition) is 7. The minimum Gasteiger partial charge on any atom is -0.491 e. The van der Waals surface area contributed by atoms with Gasteiger partial charge in [0.05, 0.1) is 36.0 Å². The van der Waals surface area contributed by atoms with Gasteiger partial charge in [0.15, 0.2) is 0 Å². The lowest BCUT2D eigenvalue weighted by molar-refractivity contribution is 0.0358. The number of aromatic nitrogens is 2. The van der Waals surface area contributed by atoms with Crippen LogP contribution in [0.25, 0.3) is 10.9 Å². The molecule has 0 aliphatic carbocycles. The summed E-state index contributed by atoms with van der Waals surface area (Å²) in [6.07, 6.45) is 2.33. The van der Waals surface area contributed by atoms with E-state index in [0.717, 1.165) is 44.7 Å². The van der Waals surface area contributed by atoms with Crippen molar-refractivity contribution in [1.82, 2.24) is 14.9 Å². The number of hydrogen-bond donors (Lipinski definition) is 2. The monoisotopic (exact) mass is 431 g/mol. The zero-order valence-corrected chi connectivity index (χ0v) is 17.2. The van der Waals surface area contributed by atoms with Crippen molar-refractivity contribution < 1.29 is 13.9 Å². The van der Waals surface area contributed by atoms with Crippen LogP contribution >= 0.6 is 11.6 Å². The molecule has 1 aromatic heterocycles. The largest absolute Gasteiger partial charge is 0.491 e. The lowest BCUT2D eigenvalue weighted by Crippen LogP contribution is -2.37. The average Bonchev–Trinajstić information content (AvgIpc) is 2.75. The molecule has 2 heterocycles. The van der Waals surface area contributed by atoms with Crippen molar-refractivity contribution in [2.45, 2.75) is 6.42 Å². The summed E-state index contributed by atoms with van der Waals surface area (Å²) in [7, 11) is 0. The second-order valence-corrected chi connectivity index (χ2v) is 7.45. The zero-order valence-electron chi connectivity index (χ0n) is 16.4. The summed E-state index contributed by atoms with van der Waals surface area (Å²) in [6.45, 7) is 4.99. The van der Waals surface area contributed by atoms with E-state index in [2.05, 4.69) is 20.2 Å². The molecule has 9 heteroatoms. The van der Waals surface area contributed by atoms with Crippen molar-refractivity contribution in [2.75, 3.05) is 50.5 Å². The predicted octanol–water partition coefficient (Wildman–Crippen LogP) is 3.85. The third kappa shape index (κ3) is 4.89. The van der Waals surface area contributed by atoms with Crippen molar-refractivity contribution in [3.63, 3.8) is 0 Å². The van der Waals surface area contributed by atoms with Crippen molar-refractivity contribution in [2.24, 2.45) is 0 Å². The Kier molecular flexibility index (Phi) is 6.47. The second kappa shape index (κ2) is 9.42. The number of nitrogen functional groups attached to an aromatic ring is 1. The predicted molar refractivity (Wildman–Crippen MR) is 116 cm³/mol. The fourth-order valence-electron chi connectivity index (χ4n) is 3.33. The fraction of sp³-hybridized carbons (Fsp3) is 0.333. The van der Waals surface area contributed by atoms with Gasteiger partial charge in [-0.05, 0) is 36.8 Å². The molecular weight excluding hydrogens is 409 g/mol. The summed E-state index contributed by atoms with van der Waals surface area (Å²) in [6, 6.07) is 7.99. The molecule has 3 aromatic rings. The molecule has 7 nitrogen and oxygen atoms in total. The fourth-order valence-corrected chi connectivity index (χ4v) is 3.51. The van der Waals surface area contributed by atoms with Crippen LogP contribution in [0.15, 0.2) is 36.7 Å². The van der Waals surface area contributed by atoms with Gasteiger partial charge in [-0.25, -0.2) is 14.4 Å². The Balaban J connectivity index is 1.48. The number of fused-ring (bicyclic) bond motifs is 1. The Morgan fingerprint density at radius 1 is 1.20 bits per heavy atom. The van der Waals surface area contributed by atoms with Crippen LogP contribution in [0.2, 0.25) is 5.02 Å².